The number of aliphatic hydroxyl groups excluding tert-OH is 1. The Kier molecular flexibility index (Phi) is 3.62. The Hall–Kier alpha value is -0.480. The molecule has 4 nitrogen and oxygen atoms in total. The van der Waals surface area contributed by atoms with E-state index >= 15 is 0 Å². The molecule has 1 unspecified atom stereocenters. The molecule has 0 bridgehead atoms. The van der Waals surface area contributed by atoms with Crippen molar-refractivity contribution in [1.29, 1.82) is 0 Å². The average Bonchev–Trinajstić information content (AvgIpc) is 2.35. The van der Waals surface area contributed by atoms with Gasteiger partial charge in [0.1, 0.15) is 6.23 Å². The van der Waals surface area contributed by atoms with E-state index in [1.807, 2.05) is 0 Å². The van der Waals surface area contributed by atoms with Gasteiger partial charge in [0.2, 0.25) is 0 Å². The summed E-state index contributed by atoms with van der Waals surface area (Å²) in [4.78, 5) is 12.4. The van der Waals surface area contributed by atoms with Gasteiger partial charge in [-0.05, 0) is 12.8 Å². The van der Waals surface area contributed by atoms with E-state index in [4.69, 9.17) is 11.6 Å². The standard InChI is InChI=1S/C7H13ClN2O2/c8-3-1-2-4-10-6(11)5-9-7(10)12/h6,11H,1-5H2,(H,9,12). The molecule has 12 heavy (non-hydrogen) atoms. The summed E-state index contributed by atoms with van der Waals surface area (Å²) in [7, 11) is 0. The summed E-state index contributed by atoms with van der Waals surface area (Å²) in [5.74, 6) is 0.603. The molecule has 1 saturated heterocycles. The molecule has 0 aromatic heterocycles. The fourth-order valence-corrected chi connectivity index (χ4v) is 1.34. The Bertz CT molecular complexity index is 165. The Balaban J connectivity index is 2.25. The largest absolute Gasteiger partial charge is 0.372 e. The number of β-amino-alcohol motifs (C(OH)–C–C–N with tert-alkyl or cyclic N) is 1. The fraction of sp³-hybridized carbons (Fsp3) is 0.857. The first-order valence-electron chi connectivity index (χ1n) is 4.04. The van der Waals surface area contributed by atoms with Gasteiger partial charge >= 0.3 is 6.03 Å². The molecule has 1 fully saturated rings. The van der Waals surface area contributed by atoms with Crippen LogP contribution >= 0.6 is 11.6 Å². The van der Waals surface area contributed by atoms with E-state index in [2.05, 4.69) is 5.32 Å². The van der Waals surface area contributed by atoms with Crippen molar-refractivity contribution in [1.82, 2.24) is 10.2 Å². The van der Waals surface area contributed by atoms with E-state index < -0.39 is 6.23 Å². The smallest absolute Gasteiger partial charge is 0.319 e. The van der Waals surface area contributed by atoms with Gasteiger partial charge in [0.05, 0.1) is 6.54 Å². The zero-order chi connectivity index (χ0) is 8.97. The van der Waals surface area contributed by atoms with Crippen LogP contribution in [0.5, 0.6) is 0 Å². The minimum Gasteiger partial charge on any atom is -0.372 e. The van der Waals surface area contributed by atoms with Crippen molar-refractivity contribution in [3.8, 4) is 0 Å². The maximum absolute atomic E-state index is 11.0. The second kappa shape index (κ2) is 4.52. The molecular weight excluding hydrogens is 180 g/mol. The van der Waals surface area contributed by atoms with Crippen molar-refractivity contribution in [2.45, 2.75) is 19.1 Å². The van der Waals surface area contributed by atoms with E-state index in [9.17, 15) is 9.90 Å². The number of carbonyl (C=O) groups is 1. The van der Waals surface area contributed by atoms with Crippen molar-refractivity contribution in [2.75, 3.05) is 19.0 Å². The SMILES string of the molecule is O=C1NCC(O)N1CCCCCl. The summed E-state index contributed by atoms with van der Waals surface area (Å²) in [6.07, 6.45) is 1.05. The van der Waals surface area contributed by atoms with Gasteiger partial charge in [-0.3, -0.25) is 4.90 Å². The van der Waals surface area contributed by atoms with Crippen LogP contribution < -0.4 is 5.32 Å². The number of hydrogen-bond acceptors (Lipinski definition) is 2. The Labute approximate surface area is 76.5 Å². The predicted molar refractivity (Wildman–Crippen MR) is 46.1 cm³/mol. The van der Waals surface area contributed by atoms with E-state index in [0.29, 0.717) is 19.0 Å². The zero-order valence-electron chi connectivity index (χ0n) is 6.79. The number of nitrogens with zero attached hydrogens (tertiary/aromatic N) is 1. The molecule has 1 heterocycles. The molecule has 1 aliphatic rings. The highest BCUT2D eigenvalue weighted by Crippen LogP contribution is 2.06. The molecule has 0 saturated carbocycles. The number of halogens is 1. The number of carbonyl (C=O) groups excluding carboxylic acids is 1. The highest BCUT2D eigenvalue weighted by atomic mass is 35.5. The normalized spacial score (nSPS) is 23.0. The molecule has 1 atom stereocenters. The molecule has 0 aliphatic carbocycles. The van der Waals surface area contributed by atoms with Gasteiger partial charge < -0.3 is 10.4 Å². The number of urea groups is 1. The highest BCUT2D eigenvalue weighted by Gasteiger charge is 2.27. The molecule has 2 amide bonds. The van der Waals surface area contributed by atoms with Gasteiger partial charge in [0.25, 0.3) is 0 Å². The summed E-state index contributed by atoms with van der Waals surface area (Å²) < 4.78 is 0. The topological polar surface area (TPSA) is 52.6 Å². The van der Waals surface area contributed by atoms with E-state index in [-0.39, 0.29) is 6.03 Å². The molecular formula is C7H13ClN2O2. The first-order chi connectivity index (χ1) is 5.75. The van der Waals surface area contributed by atoms with Crippen LogP contribution in [-0.2, 0) is 0 Å². The Morgan fingerprint density at radius 3 is 2.92 bits per heavy atom. The number of unbranched alkanes of at least 4 members (excludes halogenated alkanes) is 1. The van der Waals surface area contributed by atoms with Crippen molar-refractivity contribution in [3.05, 3.63) is 0 Å². The second-order valence-electron chi connectivity index (χ2n) is 2.76. The van der Waals surface area contributed by atoms with Crippen LogP contribution in [-0.4, -0.2) is 41.2 Å². The van der Waals surface area contributed by atoms with Crippen LogP contribution in [0.1, 0.15) is 12.8 Å². The monoisotopic (exact) mass is 192 g/mol. The van der Waals surface area contributed by atoms with Crippen molar-refractivity contribution < 1.29 is 9.90 Å². The van der Waals surface area contributed by atoms with Gasteiger partial charge in [-0.15, -0.1) is 11.6 Å². The van der Waals surface area contributed by atoms with Crippen LogP contribution in [0.15, 0.2) is 0 Å². The van der Waals surface area contributed by atoms with Gasteiger partial charge in [-0.25, -0.2) is 4.79 Å². The van der Waals surface area contributed by atoms with Crippen molar-refractivity contribution in [3.63, 3.8) is 0 Å². The minimum absolute atomic E-state index is 0.183. The Morgan fingerprint density at radius 1 is 1.67 bits per heavy atom. The molecule has 0 spiro atoms. The summed E-state index contributed by atoms with van der Waals surface area (Å²) >= 11 is 5.48. The number of amides is 2. The fourth-order valence-electron chi connectivity index (χ4n) is 1.15. The van der Waals surface area contributed by atoms with Crippen LogP contribution in [0.4, 0.5) is 4.79 Å². The number of alkyl halides is 1. The average molecular weight is 193 g/mol. The van der Waals surface area contributed by atoms with Crippen LogP contribution in [0.2, 0.25) is 0 Å². The molecule has 1 rings (SSSR count). The summed E-state index contributed by atoms with van der Waals surface area (Å²) in [5.41, 5.74) is 0. The minimum atomic E-state index is -0.659. The third-order valence-electron chi connectivity index (χ3n) is 1.84. The first-order valence-corrected chi connectivity index (χ1v) is 4.57. The maximum atomic E-state index is 11.0. The lowest BCUT2D eigenvalue weighted by molar-refractivity contribution is 0.0641. The highest BCUT2D eigenvalue weighted by molar-refractivity contribution is 6.17. The molecule has 0 aromatic rings. The van der Waals surface area contributed by atoms with Crippen LogP contribution in [0.3, 0.4) is 0 Å². The second-order valence-corrected chi connectivity index (χ2v) is 3.13. The third kappa shape index (κ3) is 2.25. The number of hydrogen-bond donors (Lipinski definition) is 2. The molecule has 1 aliphatic heterocycles. The lowest BCUT2D eigenvalue weighted by atomic mass is 10.3. The number of aliphatic hydroxyl groups is 1. The third-order valence-corrected chi connectivity index (χ3v) is 2.11. The summed E-state index contributed by atoms with van der Waals surface area (Å²) in [6, 6.07) is -0.183. The zero-order valence-corrected chi connectivity index (χ0v) is 7.55. The van der Waals surface area contributed by atoms with E-state index in [1.54, 1.807) is 0 Å². The summed E-state index contributed by atoms with van der Waals surface area (Å²) in [5, 5.41) is 11.8. The first kappa shape index (κ1) is 9.61. The quantitative estimate of drug-likeness (QED) is 0.499. The van der Waals surface area contributed by atoms with Crippen LogP contribution in [0.25, 0.3) is 0 Å². The van der Waals surface area contributed by atoms with E-state index in [1.165, 1.54) is 4.90 Å². The number of rotatable bonds is 4. The van der Waals surface area contributed by atoms with Gasteiger partial charge in [0.15, 0.2) is 0 Å². The molecule has 2 N–H and O–H groups in total. The van der Waals surface area contributed by atoms with E-state index in [0.717, 1.165) is 12.8 Å². The molecule has 70 valence electrons. The lowest BCUT2D eigenvalue weighted by Crippen LogP contribution is -2.34. The maximum Gasteiger partial charge on any atom is 0.319 e. The van der Waals surface area contributed by atoms with Gasteiger partial charge in [-0.1, -0.05) is 0 Å². The predicted octanol–water partition coefficient (Wildman–Crippen LogP) is 0.349. The number of nitrogens with one attached hydrogen (secondary N) is 1. The summed E-state index contributed by atoms with van der Waals surface area (Å²) in [6.45, 7) is 0.916. The molecule has 5 heteroatoms. The van der Waals surface area contributed by atoms with Gasteiger partial charge in [0, 0.05) is 12.4 Å². The Morgan fingerprint density at radius 2 is 2.42 bits per heavy atom. The molecule has 0 aromatic carbocycles. The van der Waals surface area contributed by atoms with Crippen molar-refractivity contribution in [2.24, 2.45) is 0 Å². The van der Waals surface area contributed by atoms with Gasteiger partial charge in [-0.2, -0.15) is 0 Å². The van der Waals surface area contributed by atoms with Crippen molar-refractivity contribution >= 4 is 17.6 Å². The lowest BCUT2D eigenvalue weighted by Gasteiger charge is -2.17. The molecule has 0 radical (unpaired) electrons. The van der Waals surface area contributed by atoms with Crippen LogP contribution in [0, 0.1) is 0 Å².